The molecule has 0 spiro atoms. The molecule has 0 unspecified atom stereocenters. The molecule has 0 aliphatic rings. The summed E-state index contributed by atoms with van der Waals surface area (Å²) < 4.78 is 9.49. The van der Waals surface area contributed by atoms with Gasteiger partial charge in [-0.15, -0.1) is 0 Å². The molecule has 12 rings (SSSR count). The highest BCUT2D eigenvalue weighted by Crippen LogP contribution is 2.47. The molecule has 4 heterocycles. The molecule has 6 nitrogen and oxygen atoms in total. The van der Waals surface area contributed by atoms with Gasteiger partial charge in [0.25, 0.3) is 0 Å². The van der Waals surface area contributed by atoms with Gasteiger partial charge in [0.15, 0.2) is 17.5 Å². The summed E-state index contributed by atoms with van der Waals surface area (Å²) in [6.45, 7) is 0. The van der Waals surface area contributed by atoms with E-state index in [-0.39, 0.29) is 0 Å². The average molecular weight is 794 g/mol. The number of fused-ring (bicyclic) bond motifs is 7. The van der Waals surface area contributed by atoms with Gasteiger partial charge < -0.3 is 8.98 Å². The molecule has 12 aromatic rings. The van der Waals surface area contributed by atoms with Crippen LogP contribution in [0.25, 0.3) is 117 Å². The molecule has 8 aromatic carbocycles. The van der Waals surface area contributed by atoms with Crippen molar-refractivity contribution in [1.82, 2.24) is 24.5 Å². The van der Waals surface area contributed by atoms with Crippen molar-refractivity contribution < 1.29 is 4.42 Å². The summed E-state index contributed by atoms with van der Waals surface area (Å²) in [5.41, 5.74) is 13.9. The minimum absolute atomic E-state index is 0.557. The van der Waals surface area contributed by atoms with Gasteiger partial charge in [0.1, 0.15) is 11.2 Å². The van der Waals surface area contributed by atoms with Gasteiger partial charge in [-0.05, 0) is 59.2 Å². The molecule has 0 saturated carbocycles. The Hall–Kier alpha value is -8.48. The van der Waals surface area contributed by atoms with Crippen LogP contribution in [0.3, 0.4) is 0 Å². The fourth-order valence-corrected chi connectivity index (χ4v) is 8.92. The third-order valence-electron chi connectivity index (χ3n) is 11.7. The minimum Gasteiger partial charge on any atom is -0.455 e. The van der Waals surface area contributed by atoms with Crippen LogP contribution in [0.15, 0.2) is 217 Å². The molecule has 0 saturated heterocycles. The molecule has 0 aliphatic carbocycles. The summed E-state index contributed by atoms with van der Waals surface area (Å²) in [4.78, 5) is 19.7. The van der Waals surface area contributed by atoms with E-state index in [1.54, 1.807) is 12.4 Å². The first-order valence-electron chi connectivity index (χ1n) is 20.7. The Balaban J connectivity index is 1.18. The number of pyridine rings is 1. The van der Waals surface area contributed by atoms with Crippen molar-refractivity contribution in [3.8, 4) is 73.2 Å². The Morgan fingerprint density at radius 3 is 1.50 bits per heavy atom. The monoisotopic (exact) mass is 793 g/mol. The van der Waals surface area contributed by atoms with E-state index < -0.39 is 0 Å². The first kappa shape index (κ1) is 35.5. The van der Waals surface area contributed by atoms with Gasteiger partial charge in [0, 0.05) is 61.9 Å². The maximum atomic E-state index is 7.07. The van der Waals surface area contributed by atoms with Crippen molar-refractivity contribution in [2.24, 2.45) is 0 Å². The molecular weight excluding hydrogens is 759 g/mol. The Kier molecular flexibility index (Phi) is 8.38. The lowest BCUT2D eigenvalue weighted by atomic mass is 9.92. The van der Waals surface area contributed by atoms with Crippen molar-refractivity contribution in [1.29, 1.82) is 0 Å². The number of nitrogens with zero attached hydrogens (tertiary/aromatic N) is 5. The molecule has 0 amide bonds. The highest BCUT2D eigenvalue weighted by Gasteiger charge is 2.25. The van der Waals surface area contributed by atoms with E-state index in [4.69, 9.17) is 19.4 Å². The predicted molar refractivity (Wildman–Crippen MR) is 252 cm³/mol. The van der Waals surface area contributed by atoms with E-state index in [1.807, 2.05) is 48.5 Å². The number of aromatic nitrogens is 5. The van der Waals surface area contributed by atoms with Gasteiger partial charge >= 0.3 is 0 Å². The zero-order valence-electron chi connectivity index (χ0n) is 33.4. The van der Waals surface area contributed by atoms with Crippen LogP contribution in [0.4, 0.5) is 0 Å². The Morgan fingerprint density at radius 1 is 0.355 bits per heavy atom. The zero-order chi connectivity index (χ0) is 41.0. The smallest absolute Gasteiger partial charge is 0.165 e. The Morgan fingerprint density at radius 2 is 0.871 bits per heavy atom. The molecule has 0 N–H and O–H groups in total. The molecule has 0 aliphatic heterocycles. The van der Waals surface area contributed by atoms with E-state index >= 15 is 0 Å². The molecule has 62 heavy (non-hydrogen) atoms. The first-order valence-corrected chi connectivity index (χ1v) is 20.7. The molecule has 0 atom stereocenters. The van der Waals surface area contributed by atoms with E-state index in [1.165, 1.54) is 0 Å². The minimum atomic E-state index is 0.557. The average Bonchev–Trinajstić information content (AvgIpc) is 3.91. The molecule has 0 bridgehead atoms. The standard InChI is InChI=1S/C56H35N5O/c1-5-17-36(18-6-1)42-27-15-28-43-44-30-31-49-50(53(44)62-52(42)43)45-26-13-14-29-48(45)61(49)51-46(37-19-7-2-8-20-37)33-41(34-47(51)38-21-9-3-10-22-38)56-59-54(39-23-11-4-12-24-39)58-55(60-56)40-25-16-32-57-35-40/h1-35H. The Bertz CT molecular complexity index is 3490. The SMILES string of the molecule is c1ccc(-c2nc(-c3cccnc3)nc(-c3cc(-c4ccccc4)c(-n4c5ccccc5c5c6oc7c(-c8ccccc8)cccc7c6ccc54)c(-c4ccccc4)c3)n2)cc1. The summed E-state index contributed by atoms with van der Waals surface area (Å²) in [7, 11) is 0. The van der Waals surface area contributed by atoms with Crippen molar-refractivity contribution in [2.45, 2.75) is 0 Å². The van der Waals surface area contributed by atoms with Gasteiger partial charge in [-0.1, -0.05) is 158 Å². The second-order valence-electron chi connectivity index (χ2n) is 15.4. The van der Waals surface area contributed by atoms with Crippen LogP contribution in [0.2, 0.25) is 0 Å². The van der Waals surface area contributed by atoms with Crippen LogP contribution in [0.1, 0.15) is 0 Å². The van der Waals surface area contributed by atoms with Crippen molar-refractivity contribution in [3.05, 3.63) is 213 Å². The highest BCUT2D eigenvalue weighted by molar-refractivity contribution is 6.25. The number of para-hydroxylation sites is 2. The lowest BCUT2D eigenvalue weighted by Gasteiger charge is -2.21. The van der Waals surface area contributed by atoms with Crippen LogP contribution in [-0.2, 0) is 0 Å². The third-order valence-corrected chi connectivity index (χ3v) is 11.7. The quantitative estimate of drug-likeness (QED) is 0.161. The van der Waals surface area contributed by atoms with Crippen molar-refractivity contribution >= 4 is 43.7 Å². The summed E-state index contributed by atoms with van der Waals surface area (Å²) in [5, 5.41) is 4.36. The summed E-state index contributed by atoms with van der Waals surface area (Å²) >= 11 is 0. The van der Waals surface area contributed by atoms with E-state index in [2.05, 4.69) is 161 Å². The van der Waals surface area contributed by atoms with E-state index in [9.17, 15) is 0 Å². The lowest BCUT2D eigenvalue weighted by Crippen LogP contribution is -2.04. The van der Waals surface area contributed by atoms with Crippen molar-refractivity contribution in [2.75, 3.05) is 0 Å². The van der Waals surface area contributed by atoms with Gasteiger partial charge in [0.2, 0.25) is 0 Å². The number of hydrogen-bond donors (Lipinski definition) is 0. The zero-order valence-corrected chi connectivity index (χ0v) is 33.4. The molecule has 4 aromatic heterocycles. The Labute approximate surface area is 357 Å². The summed E-state index contributed by atoms with van der Waals surface area (Å²) in [5.74, 6) is 1.72. The first-order chi connectivity index (χ1) is 30.8. The highest BCUT2D eigenvalue weighted by atomic mass is 16.3. The second kappa shape index (κ2) is 14.7. The molecule has 0 radical (unpaired) electrons. The number of rotatable bonds is 7. The fourth-order valence-electron chi connectivity index (χ4n) is 8.92. The van der Waals surface area contributed by atoms with Crippen molar-refractivity contribution in [3.63, 3.8) is 0 Å². The second-order valence-corrected chi connectivity index (χ2v) is 15.4. The van der Waals surface area contributed by atoms with E-state index in [0.717, 1.165) is 99.5 Å². The number of furan rings is 1. The summed E-state index contributed by atoms with van der Waals surface area (Å²) in [6, 6.07) is 69.7. The van der Waals surface area contributed by atoms with Crippen LogP contribution >= 0.6 is 0 Å². The van der Waals surface area contributed by atoms with Gasteiger partial charge in [-0.2, -0.15) is 0 Å². The molecule has 290 valence electrons. The van der Waals surface area contributed by atoms with Gasteiger partial charge in [-0.3, -0.25) is 4.98 Å². The van der Waals surface area contributed by atoms with Crippen LogP contribution in [0, 0.1) is 0 Å². The molecular formula is C56H35N5O. The third kappa shape index (κ3) is 5.88. The number of benzene rings is 8. The van der Waals surface area contributed by atoms with Crippen LogP contribution in [-0.4, -0.2) is 24.5 Å². The maximum absolute atomic E-state index is 7.07. The molecule has 6 heteroatoms. The van der Waals surface area contributed by atoms with E-state index in [0.29, 0.717) is 17.5 Å². The fraction of sp³-hybridized carbons (Fsp3) is 0. The summed E-state index contributed by atoms with van der Waals surface area (Å²) in [6.07, 6.45) is 3.56. The maximum Gasteiger partial charge on any atom is 0.165 e. The van der Waals surface area contributed by atoms with Crippen LogP contribution in [0.5, 0.6) is 0 Å². The normalized spacial score (nSPS) is 11.5. The largest absolute Gasteiger partial charge is 0.455 e. The van der Waals surface area contributed by atoms with Gasteiger partial charge in [0.05, 0.1) is 22.1 Å². The predicted octanol–water partition coefficient (Wildman–Crippen LogP) is 14.3. The topological polar surface area (TPSA) is 69.6 Å². The van der Waals surface area contributed by atoms with Gasteiger partial charge in [-0.25, -0.2) is 15.0 Å². The lowest BCUT2D eigenvalue weighted by molar-refractivity contribution is 0.674. The molecule has 0 fully saturated rings. The van der Waals surface area contributed by atoms with Crippen LogP contribution < -0.4 is 0 Å². The number of hydrogen-bond acceptors (Lipinski definition) is 5.